The number of hydrogen-bond acceptors (Lipinski definition) is 3. The largest absolute Gasteiger partial charge is 0.384 e. The summed E-state index contributed by atoms with van der Waals surface area (Å²) in [7, 11) is 1.78. The normalized spacial score (nSPS) is 20.2. The second kappa shape index (κ2) is 6.98. The molecule has 1 unspecified atom stereocenters. The second-order valence-electron chi connectivity index (χ2n) is 4.84. The van der Waals surface area contributed by atoms with Crippen LogP contribution in [0.25, 0.3) is 0 Å². The highest BCUT2D eigenvalue weighted by Crippen LogP contribution is 2.16. The molecule has 0 amide bonds. The highest BCUT2D eigenvalue weighted by molar-refractivity contribution is 6.30. The van der Waals surface area contributed by atoms with Crippen LogP contribution in [0.3, 0.4) is 0 Å². The third-order valence-electron chi connectivity index (χ3n) is 3.37. The Morgan fingerprint density at radius 3 is 2.89 bits per heavy atom. The molecule has 1 atom stereocenters. The molecule has 1 N–H and O–H groups in total. The lowest BCUT2D eigenvalue weighted by Gasteiger charge is -2.16. The van der Waals surface area contributed by atoms with Gasteiger partial charge in [-0.25, -0.2) is 0 Å². The molecule has 100 valence electrons. The first-order valence-corrected chi connectivity index (χ1v) is 6.86. The van der Waals surface area contributed by atoms with Crippen LogP contribution < -0.4 is 5.32 Å². The minimum absolute atomic E-state index is 0.713. The summed E-state index contributed by atoms with van der Waals surface area (Å²) < 4.78 is 5.20. The summed E-state index contributed by atoms with van der Waals surface area (Å²) in [5.41, 5.74) is 1.13. The van der Waals surface area contributed by atoms with Crippen molar-refractivity contribution in [2.45, 2.75) is 6.42 Å². The molecule has 0 spiro atoms. The van der Waals surface area contributed by atoms with E-state index >= 15 is 0 Å². The lowest BCUT2D eigenvalue weighted by molar-refractivity contribution is 0.153. The van der Waals surface area contributed by atoms with Crippen molar-refractivity contribution >= 4 is 17.3 Å². The van der Waals surface area contributed by atoms with Gasteiger partial charge in [0.05, 0.1) is 6.61 Å². The van der Waals surface area contributed by atoms with Gasteiger partial charge in [-0.1, -0.05) is 11.6 Å². The molecule has 0 aliphatic carbocycles. The van der Waals surface area contributed by atoms with Crippen LogP contribution in [0.1, 0.15) is 6.42 Å². The van der Waals surface area contributed by atoms with E-state index in [0.29, 0.717) is 5.92 Å². The second-order valence-corrected chi connectivity index (χ2v) is 5.28. The maximum Gasteiger partial charge on any atom is 0.0503 e. The molecular weight excluding hydrogens is 248 g/mol. The van der Waals surface area contributed by atoms with Crippen LogP contribution in [0.2, 0.25) is 5.02 Å². The van der Waals surface area contributed by atoms with E-state index in [1.807, 2.05) is 24.3 Å². The standard InChI is InChI=1S/C14H21ClN2O/c1-18-11-12-6-8-17(10-12)9-7-16-14-4-2-13(15)3-5-14/h2-5,12,16H,6-11H2,1H3. The third-order valence-corrected chi connectivity index (χ3v) is 3.63. The number of nitrogens with zero attached hydrogens (tertiary/aromatic N) is 1. The predicted molar refractivity (Wildman–Crippen MR) is 76.4 cm³/mol. The zero-order valence-electron chi connectivity index (χ0n) is 10.9. The summed E-state index contributed by atoms with van der Waals surface area (Å²) >= 11 is 5.85. The minimum atomic E-state index is 0.713. The lowest BCUT2D eigenvalue weighted by Crippen LogP contribution is -2.27. The molecule has 3 nitrogen and oxygen atoms in total. The Kier molecular flexibility index (Phi) is 5.29. The fraction of sp³-hybridized carbons (Fsp3) is 0.571. The van der Waals surface area contributed by atoms with Crippen molar-refractivity contribution in [2.75, 3.05) is 45.2 Å². The number of methoxy groups -OCH3 is 1. The van der Waals surface area contributed by atoms with Crippen LogP contribution >= 0.6 is 11.6 Å². The van der Waals surface area contributed by atoms with E-state index < -0.39 is 0 Å². The Balaban J connectivity index is 1.65. The van der Waals surface area contributed by atoms with Crippen LogP contribution in [-0.4, -0.2) is 44.8 Å². The zero-order chi connectivity index (χ0) is 12.8. The van der Waals surface area contributed by atoms with Gasteiger partial charge >= 0.3 is 0 Å². The molecule has 0 aromatic heterocycles. The van der Waals surface area contributed by atoms with Crippen LogP contribution in [0, 0.1) is 5.92 Å². The minimum Gasteiger partial charge on any atom is -0.384 e. The van der Waals surface area contributed by atoms with Gasteiger partial charge in [-0.3, -0.25) is 0 Å². The highest BCUT2D eigenvalue weighted by atomic mass is 35.5. The zero-order valence-corrected chi connectivity index (χ0v) is 11.6. The van der Waals surface area contributed by atoms with E-state index in [1.54, 1.807) is 7.11 Å². The van der Waals surface area contributed by atoms with E-state index in [-0.39, 0.29) is 0 Å². The van der Waals surface area contributed by atoms with Gasteiger partial charge in [0.25, 0.3) is 0 Å². The van der Waals surface area contributed by atoms with E-state index in [0.717, 1.165) is 37.0 Å². The molecular formula is C14H21ClN2O. The van der Waals surface area contributed by atoms with Gasteiger partial charge in [0.1, 0.15) is 0 Å². The molecule has 0 saturated carbocycles. The smallest absolute Gasteiger partial charge is 0.0503 e. The van der Waals surface area contributed by atoms with Gasteiger partial charge in [-0.2, -0.15) is 0 Å². The number of benzene rings is 1. The van der Waals surface area contributed by atoms with E-state index in [1.165, 1.54) is 13.0 Å². The van der Waals surface area contributed by atoms with Crippen molar-refractivity contribution in [3.8, 4) is 0 Å². The van der Waals surface area contributed by atoms with Crippen molar-refractivity contribution in [1.29, 1.82) is 0 Å². The van der Waals surface area contributed by atoms with Gasteiger partial charge < -0.3 is 15.0 Å². The van der Waals surface area contributed by atoms with Crippen LogP contribution in [0.5, 0.6) is 0 Å². The fourth-order valence-electron chi connectivity index (χ4n) is 2.41. The number of nitrogens with one attached hydrogen (secondary N) is 1. The van der Waals surface area contributed by atoms with Gasteiger partial charge in [0.15, 0.2) is 0 Å². The van der Waals surface area contributed by atoms with Gasteiger partial charge in [-0.15, -0.1) is 0 Å². The molecule has 1 fully saturated rings. The number of rotatable bonds is 6. The van der Waals surface area contributed by atoms with Gasteiger partial charge in [0, 0.05) is 37.5 Å². The van der Waals surface area contributed by atoms with E-state index in [2.05, 4.69) is 10.2 Å². The van der Waals surface area contributed by atoms with Crippen molar-refractivity contribution in [3.05, 3.63) is 29.3 Å². The first kappa shape index (κ1) is 13.7. The molecule has 1 heterocycles. The number of ether oxygens (including phenoxy) is 1. The molecule has 1 aliphatic heterocycles. The first-order valence-electron chi connectivity index (χ1n) is 6.48. The van der Waals surface area contributed by atoms with Gasteiger partial charge in [0.2, 0.25) is 0 Å². The maximum absolute atomic E-state index is 5.85. The van der Waals surface area contributed by atoms with Gasteiger partial charge in [-0.05, 0) is 43.1 Å². The maximum atomic E-state index is 5.85. The summed E-state index contributed by atoms with van der Waals surface area (Å²) in [6, 6.07) is 7.85. The Bertz CT molecular complexity index is 355. The van der Waals surface area contributed by atoms with Crippen LogP contribution in [-0.2, 0) is 4.74 Å². The van der Waals surface area contributed by atoms with E-state index in [4.69, 9.17) is 16.3 Å². The average molecular weight is 269 g/mol. The SMILES string of the molecule is COCC1CCN(CCNc2ccc(Cl)cc2)C1. The summed E-state index contributed by atoms with van der Waals surface area (Å²) in [5.74, 6) is 0.713. The molecule has 1 aromatic rings. The van der Waals surface area contributed by atoms with Crippen molar-refractivity contribution in [1.82, 2.24) is 4.90 Å². The molecule has 1 aliphatic rings. The summed E-state index contributed by atoms with van der Waals surface area (Å²) in [6.07, 6.45) is 1.26. The Morgan fingerprint density at radius 1 is 1.39 bits per heavy atom. The Morgan fingerprint density at radius 2 is 2.17 bits per heavy atom. The molecule has 1 aromatic carbocycles. The highest BCUT2D eigenvalue weighted by Gasteiger charge is 2.21. The van der Waals surface area contributed by atoms with Crippen molar-refractivity contribution in [3.63, 3.8) is 0 Å². The molecule has 2 rings (SSSR count). The quantitative estimate of drug-likeness (QED) is 0.859. The average Bonchev–Trinajstić information content (AvgIpc) is 2.80. The van der Waals surface area contributed by atoms with Crippen LogP contribution in [0.4, 0.5) is 5.69 Å². The third kappa shape index (κ3) is 4.16. The lowest BCUT2D eigenvalue weighted by atomic mass is 10.1. The topological polar surface area (TPSA) is 24.5 Å². The molecule has 1 saturated heterocycles. The molecule has 4 heteroatoms. The monoisotopic (exact) mass is 268 g/mol. The van der Waals surface area contributed by atoms with Crippen LogP contribution in [0.15, 0.2) is 24.3 Å². The summed E-state index contributed by atoms with van der Waals surface area (Å²) in [4.78, 5) is 2.49. The fourth-order valence-corrected chi connectivity index (χ4v) is 2.54. The van der Waals surface area contributed by atoms with E-state index in [9.17, 15) is 0 Å². The number of halogens is 1. The Labute approximate surface area is 114 Å². The van der Waals surface area contributed by atoms with Crippen molar-refractivity contribution in [2.24, 2.45) is 5.92 Å². The molecule has 0 bridgehead atoms. The Hall–Kier alpha value is -0.770. The number of likely N-dealkylation sites (tertiary alicyclic amines) is 1. The number of anilines is 1. The van der Waals surface area contributed by atoms with Crippen molar-refractivity contribution < 1.29 is 4.74 Å². The molecule has 0 radical (unpaired) electrons. The predicted octanol–water partition coefficient (Wildman–Crippen LogP) is 2.72. The first-order chi connectivity index (χ1) is 8.78. The molecule has 18 heavy (non-hydrogen) atoms. The summed E-state index contributed by atoms with van der Waals surface area (Å²) in [5, 5.41) is 4.19. The number of hydrogen-bond donors (Lipinski definition) is 1. The summed E-state index contributed by atoms with van der Waals surface area (Å²) in [6.45, 7) is 5.30.